The smallest absolute Gasteiger partial charge is 0.245 e. The van der Waals surface area contributed by atoms with Crippen molar-refractivity contribution in [2.45, 2.75) is 20.3 Å². The average molecular weight is 439 g/mol. The van der Waals surface area contributed by atoms with E-state index in [1.165, 1.54) is 4.90 Å². The van der Waals surface area contributed by atoms with E-state index in [-0.39, 0.29) is 24.8 Å². The van der Waals surface area contributed by atoms with Crippen LogP contribution in [0.2, 0.25) is 0 Å². The van der Waals surface area contributed by atoms with E-state index >= 15 is 0 Å². The van der Waals surface area contributed by atoms with Gasteiger partial charge < -0.3 is 10.2 Å². The molecule has 2 aromatic carbocycles. The largest absolute Gasteiger partial charge is 0.336 e. The number of aryl methyl sites for hydroxylation is 2. The molecule has 0 atom stereocenters. The van der Waals surface area contributed by atoms with Crippen molar-refractivity contribution in [3.05, 3.63) is 89.7 Å². The number of anilines is 1. The predicted octanol–water partition coefficient (Wildman–Crippen LogP) is 4.55. The van der Waals surface area contributed by atoms with Crippen molar-refractivity contribution in [3.8, 4) is 11.1 Å². The van der Waals surface area contributed by atoms with Crippen molar-refractivity contribution >= 4 is 28.5 Å². The zero-order valence-corrected chi connectivity index (χ0v) is 19.0. The number of carbonyl (C=O) groups is 2. The second-order valence-corrected chi connectivity index (χ2v) is 8.13. The summed E-state index contributed by atoms with van der Waals surface area (Å²) < 4.78 is 0. The molecule has 0 aliphatic heterocycles. The fourth-order valence-electron chi connectivity index (χ4n) is 3.84. The quantitative estimate of drug-likeness (QED) is 0.479. The second kappa shape index (κ2) is 9.61. The lowest BCUT2D eigenvalue weighted by atomic mass is 9.92. The second-order valence-electron chi connectivity index (χ2n) is 8.13. The fourth-order valence-corrected chi connectivity index (χ4v) is 3.84. The zero-order chi connectivity index (χ0) is 23.4. The van der Waals surface area contributed by atoms with Gasteiger partial charge in [-0.25, -0.2) is 4.98 Å². The molecule has 0 bridgehead atoms. The molecule has 166 valence electrons. The van der Waals surface area contributed by atoms with Crippen molar-refractivity contribution in [1.29, 1.82) is 0 Å². The zero-order valence-electron chi connectivity index (χ0n) is 19.0. The van der Waals surface area contributed by atoms with Crippen LogP contribution in [0.3, 0.4) is 0 Å². The van der Waals surface area contributed by atoms with Gasteiger partial charge in [0, 0.05) is 24.3 Å². The van der Waals surface area contributed by atoms with Gasteiger partial charge in [-0.2, -0.15) is 0 Å². The van der Waals surface area contributed by atoms with Gasteiger partial charge in [0.2, 0.25) is 11.8 Å². The van der Waals surface area contributed by atoms with Gasteiger partial charge in [-0.3, -0.25) is 14.6 Å². The first-order valence-electron chi connectivity index (χ1n) is 10.8. The Morgan fingerprint density at radius 2 is 1.67 bits per heavy atom. The van der Waals surface area contributed by atoms with Crippen molar-refractivity contribution < 1.29 is 9.59 Å². The molecule has 0 fully saturated rings. The molecule has 6 heteroatoms. The number of hydrogen-bond acceptors (Lipinski definition) is 4. The van der Waals surface area contributed by atoms with E-state index in [0.29, 0.717) is 5.82 Å². The molecule has 6 nitrogen and oxygen atoms in total. The number of pyridine rings is 2. The summed E-state index contributed by atoms with van der Waals surface area (Å²) in [6, 6.07) is 21.6. The van der Waals surface area contributed by atoms with Crippen molar-refractivity contribution in [1.82, 2.24) is 14.9 Å². The number of likely N-dealkylation sites (N-methyl/N-ethyl adjacent to an activating group) is 1. The van der Waals surface area contributed by atoms with Crippen LogP contribution in [0, 0.1) is 13.8 Å². The number of para-hydroxylation sites is 1. The number of hydrogen-bond donors (Lipinski definition) is 1. The Kier molecular flexibility index (Phi) is 6.45. The molecule has 2 heterocycles. The first-order valence-corrected chi connectivity index (χ1v) is 10.8. The normalized spacial score (nSPS) is 10.8. The molecule has 4 aromatic rings. The monoisotopic (exact) mass is 438 g/mol. The maximum atomic E-state index is 13.1. The molecule has 2 aromatic heterocycles. The summed E-state index contributed by atoms with van der Waals surface area (Å²) in [6.45, 7) is 3.80. The highest BCUT2D eigenvalue weighted by atomic mass is 16.2. The summed E-state index contributed by atoms with van der Waals surface area (Å²) in [4.78, 5) is 35.9. The summed E-state index contributed by atoms with van der Waals surface area (Å²) >= 11 is 0. The molecule has 0 aliphatic carbocycles. The van der Waals surface area contributed by atoms with Gasteiger partial charge in [0.1, 0.15) is 5.82 Å². The van der Waals surface area contributed by atoms with Crippen LogP contribution in [-0.2, 0) is 16.0 Å². The van der Waals surface area contributed by atoms with E-state index < -0.39 is 0 Å². The van der Waals surface area contributed by atoms with Gasteiger partial charge in [-0.15, -0.1) is 0 Å². The van der Waals surface area contributed by atoms with Crippen LogP contribution in [0.4, 0.5) is 5.82 Å². The lowest BCUT2D eigenvalue weighted by molar-refractivity contribution is -0.132. The Balaban J connectivity index is 1.58. The Hall–Kier alpha value is -4.06. The van der Waals surface area contributed by atoms with Gasteiger partial charge in [-0.05, 0) is 48.2 Å². The number of amides is 2. The average Bonchev–Trinajstić information content (AvgIpc) is 2.81. The Morgan fingerprint density at radius 3 is 2.39 bits per heavy atom. The van der Waals surface area contributed by atoms with E-state index in [9.17, 15) is 9.59 Å². The number of benzene rings is 2. The summed E-state index contributed by atoms with van der Waals surface area (Å²) in [5.74, 6) is 0.0191. The number of carbonyl (C=O) groups excluding carboxylic acids is 2. The van der Waals surface area contributed by atoms with Gasteiger partial charge in [0.25, 0.3) is 0 Å². The molecule has 0 aliphatic rings. The third kappa shape index (κ3) is 5.06. The Bertz CT molecular complexity index is 1300. The van der Waals surface area contributed by atoms with E-state index in [2.05, 4.69) is 10.3 Å². The number of fused-ring (bicyclic) bond motifs is 1. The molecule has 33 heavy (non-hydrogen) atoms. The van der Waals surface area contributed by atoms with Crippen molar-refractivity contribution in [2.24, 2.45) is 0 Å². The minimum absolute atomic E-state index is 0.0604. The molecular weight excluding hydrogens is 412 g/mol. The van der Waals surface area contributed by atoms with Crippen LogP contribution in [0.25, 0.3) is 22.0 Å². The van der Waals surface area contributed by atoms with Crippen molar-refractivity contribution in [3.63, 3.8) is 0 Å². The lowest BCUT2D eigenvalue weighted by Gasteiger charge is -2.20. The van der Waals surface area contributed by atoms with Crippen LogP contribution in [-0.4, -0.2) is 40.3 Å². The molecule has 0 saturated heterocycles. The SMILES string of the molecule is Cc1ccc(NC(=O)CN(C)C(=O)Cc2c(C)nc3ccccc3c2-c2ccccc2)nc1. The van der Waals surface area contributed by atoms with E-state index in [1.807, 2.05) is 74.5 Å². The number of rotatable bonds is 6. The van der Waals surface area contributed by atoms with Crippen LogP contribution in [0.15, 0.2) is 72.9 Å². The summed E-state index contributed by atoms with van der Waals surface area (Å²) in [6.07, 6.45) is 1.84. The van der Waals surface area contributed by atoms with Crippen LogP contribution >= 0.6 is 0 Å². The summed E-state index contributed by atoms with van der Waals surface area (Å²) in [5.41, 5.74) is 5.62. The molecule has 2 amide bonds. The highest BCUT2D eigenvalue weighted by molar-refractivity contribution is 5.99. The van der Waals surface area contributed by atoms with Crippen molar-refractivity contribution in [2.75, 3.05) is 18.9 Å². The van der Waals surface area contributed by atoms with Crippen LogP contribution in [0.5, 0.6) is 0 Å². The molecule has 0 radical (unpaired) electrons. The predicted molar refractivity (Wildman–Crippen MR) is 131 cm³/mol. The third-order valence-electron chi connectivity index (χ3n) is 5.58. The van der Waals surface area contributed by atoms with Gasteiger partial charge >= 0.3 is 0 Å². The fraction of sp³-hybridized carbons (Fsp3) is 0.185. The standard InChI is InChI=1S/C27H26N4O2/c1-18-13-14-24(28-16-18)30-25(32)17-31(3)26(33)15-22-19(2)29-23-12-8-7-11-21(23)27(22)20-9-5-4-6-10-20/h4-14,16H,15,17H2,1-3H3,(H,28,30,32). The van der Waals surface area contributed by atoms with E-state index in [1.54, 1.807) is 19.3 Å². The Morgan fingerprint density at radius 1 is 0.939 bits per heavy atom. The first-order chi connectivity index (χ1) is 15.9. The number of nitrogens with zero attached hydrogens (tertiary/aromatic N) is 3. The summed E-state index contributed by atoms with van der Waals surface area (Å²) in [7, 11) is 1.64. The Labute approximate surface area is 193 Å². The topological polar surface area (TPSA) is 75.2 Å². The minimum Gasteiger partial charge on any atom is -0.336 e. The number of nitrogens with one attached hydrogen (secondary N) is 1. The first kappa shape index (κ1) is 22.1. The molecular formula is C27H26N4O2. The molecule has 0 unspecified atom stereocenters. The highest BCUT2D eigenvalue weighted by Crippen LogP contribution is 2.33. The summed E-state index contributed by atoms with van der Waals surface area (Å²) in [5, 5.41) is 3.74. The van der Waals surface area contributed by atoms with Gasteiger partial charge in [-0.1, -0.05) is 54.6 Å². The minimum atomic E-state index is -0.293. The van der Waals surface area contributed by atoms with E-state index in [0.717, 1.165) is 38.9 Å². The maximum absolute atomic E-state index is 13.1. The van der Waals surface area contributed by atoms with Gasteiger partial charge in [0.05, 0.1) is 18.5 Å². The number of aromatic nitrogens is 2. The lowest BCUT2D eigenvalue weighted by Crippen LogP contribution is -2.36. The highest BCUT2D eigenvalue weighted by Gasteiger charge is 2.20. The maximum Gasteiger partial charge on any atom is 0.245 e. The van der Waals surface area contributed by atoms with Crippen LogP contribution in [0.1, 0.15) is 16.8 Å². The molecule has 4 rings (SSSR count). The molecule has 0 spiro atoms. The van der Waals surface area contributed by atoms with Gasteiger partial charge in [0.15, 0.2) is 0 Å². The molecule has 0 saturated carbocycles. The third-order valence-corrected chi connectivity index (χ3v) is 5.58. The van der Waals surface area contributed by atoms with Crippen LogP contribution < -0.4 is 5.32 Å². The van der Waals surface area contributed by atoms with E-state index in [4.69, 9.17) is 4.98 Å². The molecule has 1 N–H and O–H groups in total.